The molecule has 0 radical (unpaired) electrons. The van der Waals surface area contributed by atoms with E-state index in [1.807, 2.05) is 0 Å². The van der Waals surface area contributed by atoms with Crippen LogP contribution in [0, 0.1) is 0 Å². The molecule has 0 bridgehead atoms. The van der Waals surface area contributed by atoms with Crippen molar-refractivity contribution in [2.24, 2.45) is 0 Å². The Morgan fingerprint density at radius 1 is 1.20 bits per heavy atom. The van der Waals surface area contributed by atoms with Gasteiger partial charge in [-0.25, -0.2) is 27.2 Å². The molecule has 0 spiro atoms. The molecule has 0 amide bonds. The lowest BCUT2D eigenvalue weighted by Crippen LogP contribution is -2.33. The Morgan fingerprint density at radius 3 is 2.48 bits per heavy atom. The number of pyridine rings is 1. The Morgan fingerprint density at radius 2 is 1.92 bits per heavy atom. The fourth-order valence-corrected chi connectivity index (χ4v) is 2.78. The second-order valence-electron chi connectivity index (χ2n) is 4.84. The van der Waals surface area contributed by atoms with Crippen molar-refractivity contribution in [3.8, 4) is 17.3 Å². The highest BCUT2D eigenvalue weighted by molar-refractivity contribution is 7.91. The maximum absolute atomic E-state index is 12.8. The van der Waals surface area contributed by atoms with E-state index in [2.05, 4.69) is 19.7 Å². The van der Waals surface area contributed by atoms with Gasteiger partial charge < -0.3 is 4.74 Å². The van der Waals surface area contributed by atoms with Crippen molar-refractivity contribution in [1.29, 1.82) is 0 Å². The van der Waals surface area contributed by atoms with Crippen LogP contribution < -0.4 is 4.74 Å². The van der Waals surface area contributed by atoms with Gasteiger partial charge in [0.05, 0.1) is 23.0 Å². The molecule has 136 valence electrons. The van der Waals surface area contributed by atoms with E-state index in [0.717, 1.165) is 12.4 Å². The minimum absolute atomic E-state index is 0.0429. The summed E-state index contributed by atoms with van der Waals surface area (Å²) in [6, 6.07) is 2.81. The van der Waals surface area contributed by atoms with Gasteiger partial charge in [-0.2, -0.15) is 8.78 Å². The number of hydrogen-bond donors (Lipinski definition) is 0. The monoisotopic (exact) mass is 379 g/mol. The van der Waals surface area contributed by atoms with Gasteiger partial charge in [0, 0.05) is 6.20 Å². The largest absolute Gasteiger partial charge is 0.470 e. The number of ether oxygens (including phenoxy) is 1. The summed E-state index contributed by atoms with van der Waals surface area (Å²) in [6.07, 6.45) is -0.518. The lowest BCUT2D eigenvalue weighted by atomic mass is 10.3. The quantitative estimate of drug-likeness (QED) is 0.688. The fraction of sp³-hybridized carbons (Fsp3) is 0.357. The molecule has 0 fully saturated rings. The molecule has 0 unspecified atom stereocenters. The van der Waals surface area contributed by atoms with Crippen LogP contribution in [0.25, 0.3) is 11.4 Å². The summed E-state index contributed by atoms with van der Waals surface area (Å²) < 4.78 is 78.4. The summed E-state index contributed by atoms with van der Waals surface area (Å²) in [5.74, 6) is -4.87. The molecule has 0 aliphatic carbocycles. The molecule has 2 aromatic heterocycles. The van der Waals surface area contributed by atoms with E-state index in [9.17, 15) is 26.0 Å². The van der Waals surface area contributed by atoms with Crippen molar-refractivity contribution in [1.82, 2.24) is 15.0 Å². The van der Waals surface area contributed by atoms with Crippen LogP contribution in [-0.2, 0) is 9.84 Å². The van der Waals surface area contributed by atoms with Crippen LogP contribution in [-0.4, -0.2) is 48.1 Å². The second kappa shape index (κ2) is 7.30. The van der Waals surface area contributed by atoms with Crippen molar-refractivity contribution >= 4 is 9.84 Å². The molecule has 11 heteroatoms. The van der Waals surface area contributed by atoms with Gasteiger partial charge >= 0.3 is 12.3 Å². The van der Waals surface area contributed by atoms with Crippen molar-refractivity contribution in [2.75, 3.05) is 12.4 Å². The Labute approximate surface area is 140 Å². The topological polar surface area (TPSA) is 82.0 Å². The molecule has 0 atom stereocenters. The number of sulfone groups is 1. The van der Waals surface area contributed by atoms with Gasteiger partial charge in [0.15, 0.2) is 16.4 Å². The van der Waals surface area contributed by atoms with Crippen LogP contribution in [0.5, 0.6) is 5.88 Å². The molecule has 0 aromatic carbocycles. The lowest BCUT2D eigenvalue weighted by Gasteiger charge is -2.15. The van der Waals surface area contributed by atoms with Crippen LogP contribution in [0.2, 0.25) is 0 Å². The summed E-state index contributed by atoms with van der Waals surface area (Å²) in [5.41, 5.74) is 0.113. The highest BCUT2D eigenvalue weighted by Crippen LogP contribution is 2.26. The summed E-state index contributed by atoms with van der Waals surface area (Å²) in [4.78, 5) is 11.4. The Balaban J connectivity index is 2.25. The minimum Gasteiger partial charge on any atom is -0.470 e. The van der Waals surface area contributed by atoms with E-state index in [1.165, 1.54) is 25.3 Å². The highest BCUT2D eigenvalue weighted by Gasteiger charge is 2.41. The van der Waals surface area contributed by atoms with E-state index >= 15 is 0 Å². The van der Waals surface area contributed by atoms with Gasteiger partial charge in [-0.15, -0.1) is 0 Å². The summed E-state index contributed by atoms with van der Waals surface area (Å²) in [5, 5.41) is 0. The molecular weight excluding hydrogens is 366 g/mol. The average molecular weight is 379 g/mol. The fourth-order valence-electron chi connectivity index (χ4n) is 1.74. The number of alkyl halides is 4. The minimum atomic E-state index is -4.32. The summed E-state index contributed by atoms with van der Waals surface area (Å²) in [7, 11) is -3.57. The summed E-state index contributed by atoms with van der Waals surface area (Å²) in [6.45, 7) is -0.0876. The number of aromatic nitrogens is 3. The molecule has 0 saturated carbocycles. The van der Waals surface area contributed by atoms with Gasteiger partial charge in [0.2, 0.25) is 5.88 Å². The first kappa shape index (κ1) is 19.0. The van der Waals surface area contributed by atoms with Crippen LogP contribution >= 0.6 is 0 Å². The SMILES string of the molecule is CCS(=O)(=O)c1cccnc1-c1cnc(OCC(F)(F)C(F)F)cn1. The van der Waals surface area contributed by atoms with Crippen LogP contribution in [0.3, 0.4) is 0 Å². The van der Waals surface area contributed by atoms with Gasteiger partial charge in [0.1, 0.15) is 11.4 Å². The van der Waals surface area contributed by atoms with Gasteiger partial charge in [-0.3, -0.25) is 4.98 Å². The van der Waals surface area contributed by atoms with Crippen LogP contribution in [0.4, 0.5) is 17.6 Å². The predicted molar refractivity (Wildman–Crippen MR) is 79.4 cm³/mol. The number of halogens is 4. The molecule has 6 nitrogen and oxygen atoms in total. The van der Waals surface area contributed by atoms with E-state index in [1.54, 1.807) is 0 Å². The number of hydrogen-bond acceptors (Lipinski definition) is 6. The molecule has 2 rings (SSSR count). The third-order valence-corrected chi connectivity index (χ3v) is 4.85. The smallest absolute Gasteiger partial charge is 0.340 e. The maximum atomic E-state index is 12.8. The summed E-state index contributed by atoms with van der Waals surface area (Å²) >= 11 is 0. The average Bonchev–Trinajstić information content (AvgIpc) is 2.60. The molecule has 2 aromatic rings. The molecular formula is C14H13F4N3O3S. The standard InChI is InChI=1S/C14H13F4N3O3S/c1-2-25(22,23)10-4-3-5-19-12(10)9-6-21-11(7-20-9)24-8-14(17,18)13(15)16/h3-7,13H,2,8H2,1H3. The Kier molecular flexibility index (Phi) is 5.55. The first-order valence-electron chi connectivity index (χ1n) is 6.96. The van der Waals surface area contributed by atoms with E-state index in [-0.39, 0.29) is 22.0 Å². The van der Waals surface area contributed by atoms with Gasteiger partial charge in [-0.1, -0.05) is 6.92 Å². The first-order chi connectivity index (χ1) is 11.7. The zero-order chi connectivity index (χ0) is 18.7. The number of nitrogens with zero attached hydrogens (tertiary/aromatic N) is 3. The Bertz CT molecular complexity index is 829. The Hall–Kier alpha value is -2.30. The third-order valence-electron chi connectivity index (χ3n) is 3.09. The molecule has 2 heterocycles. The van der Waals surface area contributed by atoms with Crippen molar-refractivity contribution in [3.63, 3.8) is 0 Å². The van der Waals surface area contributed by atoms with E-state index in [4.69, 9.17) is 0 Å². The zero-order valence-corrected chi connectivity index (χ0v) is 13.7. The predicted octanol–water partition coefficient (Wildman–Crippen LogP) is 2.61. The van der Waals surface area contributed by atoms with Crippen molar-refractivity contribution in [3.05, 3.63) is 30.7 Å². The van der Waals surface area contributed by atoms with Crippen LogP contribution in [0.15, 0.2) is 35.6 Å². The first-order valence-corrected chi connectivity index (χ1v) is 8.61. The third kappa shape index (κ3) is 4.41. The highest BCUT2D eigenvalue weighted by atomic mass is 32.2. The van der Waals surface area contributed by atoms with Gasteiger partial charge in [0.25, 0.3) is 0 Å². The molecule has 25 heavy (non-hydrogen) atoms. The van der Waals surface area contributed by atoms with Crippen LogP contribution in [0.1, 0.15) is 6.92 Å². The molecule has 0 aliphatic rings. The maximum Gasteiger partial charge on any atom is 0.340 e. The normalized spacial score (nSPS) is 12.4. The van der Waals surface area contributed by atoms with Crippen molar-refractivity contribution < 1.29 is 30.7 Å². The zero-order valence-electron chi connectivity index (χ0n) is 12.9. The van der Waals surface area contributed by atoms with Crippen molar-refractivity contribution in [2.45, 2.75) is 24.2 Å². The van der Waals surface area contributed by atoms with E-state index in [0.29, 0.717) is 0 Å². The molecule has 0 saturated heterocycles. The second-order valence-corrected chi connectivity index (χ2v) is 7.09. The lowest BCUT2D eigenvalue weighted by molar-refractivity contribution is -0.148. The number of rotatable bonds is 7. The van der Waals surface area contributed by atoms with Gasteiger partial charge in [-0.05, 0) is 12.1 Å². The van der Waals surface area contributed by atoms with E-state index < -0.39 is 34.7 Å². The molecule has 0 aliphatic heterocycles. The molecule has 0 N–H and O–H groups in total.